The van der Waals surface area contributed by atoms with Gasteiger partial charge in [-0.15, -0.1) is 0 Å². The van der Waals surface area contributed by atoms with Gasteiger partial charge in [0, 0.05) is 19.8 Å². The Hall–Kier alpha value is -1.83. The number of hydrogen-bond donors (Lipinski definition) is 0. The molecular weight excluding hydrogens is 438 g/mol. The van der Waals surface area contributed by atoms with E-state index in [1.165, 1.54) is 0 Å². The van der Waals surface area contributed by atoms with E-state index in [4.69, 9.17) is 28.4 Å². The van der Waals surface area contributed by atoms with Crippen LogP contribution in [0.15, 0.2) is 14.4 Å². The third-order valence-corrected chi connectivity index (χ3v) is 4.49. The van der Waals surface area contributed by atoms with E-state index in [0.717, 1.165) is 13.7 Å². The number of hydrogen-bond acceptors (Lipinski definition) is 9. The van der Waals surface area contributed by atoms with E-state index in [9.17, 15) is 14.4 Å². The van der Waals surface area contributed by atoms with Crippen molar-refractivity contribution in [1.29, 1.82) is 0 Å². The van der Waals surface area contributed by atoms with E-state index in [-0.39, 0.29) is 39.5 Å². The van der Waals surface area contributed by atoms with Gasteiger partial charge < -0.3 is 28.4 Å². The molecule has 1 rings (SSSR count). The standard InChI is InChI=1S/C21H39N3O9/c1-4-28-13-16-31-10-7-22-19(25)23(8-11-32-17-14-29-5-2)21(27)24(20(22)26)9-12-33-18-15-30-6-3/h4-18H2,1-3H3. The second kappa shape index (κ2) is 18.6. The van der Waals surface area contributed by atoms with E-state index in [1.807, 2.05) is 20.8 Å². The van der Waals surface area contributed by atoms with Crippen molar-refractivity contribution in [1.82, 2.24) is 13.7 Å². The molecule has 0 atom stereocenters. The first kappa shape index (κ1) is 29.2. The Morgan fingerprint density at radius 3 is 0.909 bits per heavy atom. The lowest BCUT2D eigenvalue weighted by atomic mass is 10.5. The molecule has 33 heavy (non-hydrogen) atoms. The topological polar surface area (TPSA) is 121 Å². The molecule has 0 amide bonds. The fourth-order valence-corrected chi connectivity index (χ4v) is 2.82. The zero-order chi connectivity index (χ0) is 24.3. The van der Waals surface area contributed by atoms with Crippen LogP contribution in [0.25, 0.3) is 0 Å². The highest BCUT2D eigenvalue weighted by molar-refractivity contribution is 4.79. The van der Waals surface area contributed by atoms with E-state index in [1.54, 1.807) is 0 Å². The highest BCUT2D eigenvalue weighted by Gasteiger charge is 2.15. The Balaban J connectivity index is 2.89. The van der Waals surface area contributed by atoms with Gasteiger partial charge in [0.2, 0.25) is 0 Å². The SMILES string of the molecule is CCOCCOCCn1c(=O)n(CCOCCOCC)c(=O)n(CCOCCOCC)c1=O. The second-order valence-corrected chi connectivity index (χ2v) is 6.73. The zero-order valence-electron chi connectivity index (χ0n) is 20.1. The van der Waals surface area contributed by atoms with Gasteiger partial charge in [-0.25, -0.2) is 28.1 Å². The van der Waals surface area contributed by atoms with Crippen molar-refractivity contribution in [2.75, 3.05) is 79.3 Å². The van der Waals surface area contributed by atoms with E-state index >= 15 is 0 Å². The molecule has 0 aliphatic rings. The van der Waals surface area contributed by atoms with Crippen molar-refractivity contribution in [3.05, 3.63) is 31.5 Å². The molecule has 1 aromatic rings. The monoisotopic (exact) mass is 477 g/mol. The fourth-order valence-electron chi connectivity index (χ4n) is 2.82. The summed E-state index contributed by atoms with van der Waals surface area (Å²) >= 11 is 0. The number of ether oxygens (including phenoxy) is 6. The van der Waals surface area contributed by atoms with Gasteiger partial charge in [0.15, 0.2) is 0 Å². The maximum atomic E-state index is 12.8. The van der Waals surface area contributed by atoms with Crippen LogP contribution in [0.5, 0.6) is 0 Å². The molecule has 0 bridgehead atoms. The lowest BCUT2D eigenvalue weighted by Crippen LogP contribution is -2.55. The highest BCUT2D eigenvalue weighted by Crippen LogP contribution is 1.86. The first-order valence-electron chi connectivity index (χ1n) is 11.5. The Labute approximate surface area is 193 Å². The highest BCUT2D eigenvalue weighted by atomic mass is 16.5. The summed E-state index contributed by atoms with van der Waals surface area (Å²) in [6.07, 6.45) is 0. The average Bonchev–Trinajstić information content (AvgIpc) is 2.81. The van der Waals surface area contributed by atoms with E-state index in [0.29, 0.717) is 59.5 Å². The Morgan fingerprint density at radius 1 is 0.424 bits per heavy atom. The summed E-state index contributed by atoms with van der Waals surface area (Å²) in [6, 6.07) is 0. The van der Waals surface area contributed by atoms with Crippen LogP contribution >= 0.6 is 0 Å². The van der Waals surface area contributed by atoms with Crippen molar-refractivity contribution in [3.8, 4) is 0 Å². The first-order valence-corrected chi connectivity index (χ1v) is 11.5. The molecule has 1 aromatic heterocycles. The van der Waals surface area contributed by atoms with Crippen LogP contribution in [-0.2, 0) is 48.1 Å². The Morgan fingerprint density at radius 2 is 0.667 bits per heavy atom. The molecule has 0 saturated carbocycles. The van der Waals surface area contributed by atoms with E-state index in [2.05, 4.69) is 0 Å². The lowest BCUT2D eigenvalue weighted by molar-refractivity contribution is 0.0442. The Kier molecular flexibility index (Phi) is 16.4. The van der Waals surface area contributed by atoms with Gasteiger partial charge in [-0.2, -0.15) is 0 Å². The minimum absolute atomic E-state index is 0.0144. The predicted molar refractivity (Wildman–Crippen MR) is 121 cm³/mol. The van der Waals surface area contributed by atoms with Gasteiger partial charge >= 0.3 is 17.1 Å². The van der Waals surface area contributed by atoms with Crippen LogP contribution in [0, 0.1) is 0 Å². The second-order valence-electron chi connectivity index (χ2n) is 6.73. The normalized spacial score (nSPS) is 11.4. The van der Waals surface area contributed by atoms with Crippen molar-refractivity contribution >= 4 is 0 Å². The summed E-state index contributed by atoms with van der Waals surface area (Å²) in [7, 11) is 0. The molecule has 12 nitrogen and oxygen atoms in total. The Bertz CT molecular complexity index is 669. The zero-order valence-corrected chi connectivity index (χ0v) is 20.1. The molecule has 0 N–H and O–H groups in total. The molecule has 0 unspecified atom stereocenters. The molecule has 192 valence electrons. The number of rotatable bonds is 21. The molecule has 12 heteroatoms. The van der Waals surface area contributed by atoms with Gasteiger partial charge in [0.25, 0.3) is 0 Å². The molecule has 0 saturated heterocycles. The molecule has 0 radical (unpaired) electrons. The van der Waals surface area contributed by atoms with Crippen LogP contribution in [0.4, 0.5) is 0 Å². The summed E-state index contributed by atoms with van der Waals surface area (Å²) in [4.78, 5) is 38.5. The predicted octanol–water partition coefficient (Wildman–Crippen LogP) is -0.669. The lowest BCUT2D eigenvalue weighted by Gasteiger charge is -2.14. The summed E-state index contributed by atoms with van der Waals surface area (Å²) in [6.45, 7) is 10.1. The van der Waals surface area contributed by atoms with Crippen LogP contribution in [0.2, 0.25) is 0 Å². The van der Waals surface area contributed by atoms with Crippen LogP contribution in [0.3, 0.4) is 0 Å². The van der Waals surface area contributed by atoms with Crippen LogP contribution < -0.4 is 17.1 Å². The summed E-state index contributed by atoms with van der Waals surface area (Å²) < 4.78 is 34.9. The smallest absolute Gasteiger partial charge is 0.336 e. The molecule has 0 spiro atoms. The first-order chi connectivity index (χ1) is 16.1. The van der Waals surface area contributed by atoms with Crippen LogP contribution in [0.1, 0.15) is 20.8 Å². The summed E-state index contributed by atoms with van der Waals surface area (Å²) in [5, 5.41) is 0. The maximum Gasteiger partial charge on any atom is 0.336 e. The molecule has 0 aromatic carbocycles. The van der Waals surface area contributed by atoms with Gasteiger partial charge in [0.05, 0.1) is 79.1 Å². The quantitative estimate of drug-likeness (QED) is 0.212. The molecule has 0 aliphatic heterocycles. The molecular formula is C21H39N3O9. The third-order valence-electron chi connectivity index (χ3n) is 4.49. The summed E-state index contributed by atoms with van der Waals surface area (Å²) in [5.41, 5.74) is -2.08. The largest absolute Gasteiger partial charge is 0.379 e. The minimum atomic E-state index is -0.694. The van der Waals surface area contributed by atoms with Gasteiger partial charge in [-0.1, -0.05) is 0 Å². The number of aromatic nitrogens is 3. The third kappa shape index (κ3) is 11.2. The molecule has 1 heterocycles. The minimum Gasteiger partial charge on any atom is -0.379 e. The van der Waals surface area contributed by atoms with Crippen LogP contribution in [-0.4, -0.2) is 93.0 Å². The van der Waals surface area contributed by atoms with Crippen molar-refractivity contribution in [2.24, 2.45) is 0 Å². The van der Waals surface area contributed by atoms with Crippen molar-refractivity contribution in [2.45, 2.75) is 40.4 Å². The van der Waals surface area contributed by atoms with Gasteiger partial charge in [0.1, 0.15) is 0 Å². The molecule has 0 aliphatic carbocycles. The van der Waals surface area contributed by atoms with Crippen molar-refractivity contribution in [3.63, 3.8) is 0 Å². The van der Waals surface area contributed by atoms with Crippen molar-refractivity contribution < 1.29 is 28.4 Å². The maximum absolute atomic E-state index is 12.8. The molecule has 0 fully saturated rings. The average molecular weight is 478 g/mol. The van der Waals surface area contributed by atoms with Gasteiger partial charge in [-0.3, -0.25) is 0 Å². The summed E-state index contributed by atoms with van der Waals surface area (Å²) in [5.74, 6) is 0. The van der Waals surface area contributed by atoms with E-state index < -0.39 is 17.1 Å². The fraction of sp³-hybridized carbons (Fsp3) is 0.857. The number of nitrogens with zero attached hydrogens (tertiary/aromatic N) is 3. The van der Waals surface area contributed by atoms with Gasteiger partial charge in [-0.05, 0) is 20.8 Å².